The number of ether oxygens (including phenoxy) is 1. The quantitative estimate of drug-likeness (QED) is 0.372. The van der Waals surface area contributed by atoms with E-state index in [9.17, 15) is 4.79 Å². The number of carbonyl (C=O) groups is 1. The molecule has 0 aliphatic heterocycles. The third-order valence-electron chi connectivity index (χ3n) is 5.34. The molecule has 136 valence electrons. The van der Waals surface area contributed by atoms with Gasteiger partial charge in [-0.25, -0.2) is 0 Å². The highest BCUT2D eigenvalue weighted by Gasteiger charge is 2.27. The second-order valence-corrected chi connectivity index (χ2v) is 7.48. The van der Waals surface area contributed by atoms with E-state index in [0.29, 0.717) is 0 Å². The topological polar surface area (TPSA) is 29.5 Å². The lowest BCUT2D eigenvalue weighted by Crippen LogP contribution is -2.31. The lowest BCUT2D eigenvalue weighted by Gasteiger charge is -2.30. The summed E-state index contributed by atoms with van der Waals surface area (Å²) in [5, 5.41) is 0. The van der Waals surface area contributed by atoms with Crippen LogP contribution in [-0.4, -0.2) is 38.1 Å². The van der Waals surface area contributed by atoms with Crippen LogP contribution >= 0.6 is 0 Å². The predicted molar refractivity (Wildman–Crippen MR) is 97.6 cm³/mol. The first-order chi connectivity index (χ1) is 11.2. The number of nitrogens with zero attached hydrogens (tertiary/aromatic N) is 1. The summed E-state index contributed by atoms with van der Waals surface area (Å²) in [4.78, 5) is 14.0. The maximum absolute atomic E-state index is 11.5. The van der Waals surface area contributed by atoms with Gasteiger partial charge in [0, 0.05) is 6.54 Å². The summed E-state index contributed by atoms with van der Waals surface area (Å²) in [5.74, 6) is 0.931. The van der Waals surface area contributed by atoms with E-state index in [4.69, 9.17) is 4.74 Å². The van der Waals surface area contributed by atoms with Crippen molar-refractivity contribution in [2.75, 3.05) is 27.2 Å². The van der Waals surface area contributed by atoms with Gasteiger partial charge in [0.25, 0.3) is 0 Å². The monoisotopic (exact) mass is 325 g/mol. The molecule has 1 fully saturated rings. The summed E-state index contributed by atoms with van der Waals surface area (Å²) in [5.41, 5.74) is 0. The molecule has 1 aliphatic carbocycles. The Kier molecular flexibility index (Phi) is 11.4. The van der Waals surface area contributed by atoms with Crippen molar-refractivity contribution in [2.24, 2.45) is 11.8 Å². The molecule has 3 nitrogen and oxygen atoms in total. The van der Waals surface area contributed by atoms with Crippen molar-refractivity contribution in [1.82, 2.24) is 4.90 Å². The molecule has 1 rings (SSSR count). The Hall–Kier alpha value is -0.570. The van der Waals surface area contributed by atoms with Gasteiger partial charge in [0.2, 0.25) is 0 Å². The Labute approximate surface area is 144 Å². The normalized spacial score (nSPS) is 21.6. The first kappa shape index (κ1) is 20.5. The van der Waals surface area contributed by atoms with Crippen LogP contribution in [0.5, 0.6) is 0 Å². The number of unbranched alkanes of at least 4 members (excludes halogenated alkanes) is 7. The van der Waals surface area contributed by atoms with Gasteiger partial charge in [0.1, 0.15) is 0 Å². The minimum atomic E-state index is -0.00394. The van der Waals surface area contributed by atoms with E-state index in [-0.39, 0.29) is 11.9 Å². The number of esters is 1. The summed E-state index contributed by atoms with van der Waals surface area (Å²) >= 11 is 0. The van der Waals surface area contributed by atoms with E-state index in [1.165, 1.54) is 84.4 Å². The second kappa shape index (κ2) is 12.8. The molecule has 0 unspecified atom stereocenters. The standard InChI is InChI=1S/C20H39NO2/c1-4-5-6-7-8-9-10-11-16-21(2)17-18-12-14-19(15-13-18)20(22)23-3/h18-19H,4-17H2,1-3H3. The number of hydrogen-bond donors (Lipinski definition) is 0. The molecule has 0 atom stereocenters. The highest BCUT2D eigenvalue weighted by molar-refractivity contribution is 5.72. The largest absolute Gasteiger partial charge is 0.469 e. The van der Waals surface area contributed by atoms with Gasteiger partial charge < -0.3 is 9.64 Å². The molecular weight excluding hydrogens is 286 g/mol. The van der Waals surface area contributed by atoms with E-state index in [1.807, 2.05) is 0 Å². The molecular formula is C20H39NO2. The van der Waals surface area contributed by atoms with Crippen molar-refractivity contribution in [3.8, 4) is 0 Å². The lowest BCUT2D eigenvalue weighted by molar-refractivity contribution is -0.146. The smallest absolute Gasteiger partial charge is 0.308 e. The Morgan fingerprint density at radius 2 is 1.52 bits per heavy atom. The van der Waals surface area contributed by atoms with E-state index in [0.717, 1.165) is 18.8 Å². The van der Waals surface area contributed by atoms with Crippen LogP contribution < -0.4 is 0 Å². The van der Waals surface area contributed by atoms with Crippen LogP contribution in [0.25, 0.3) is 0 Å². The van der Waals surface area contributed by atoms with Crippen LogP contribution in [0.2, 0.25) is 0 Å². The molecule has 3 heteroatoms. The van der Waals surface area contributed by atoms with Gasteiger partial charge >= 0.3 is 5.97 Å². The molecule has 0 aromatic carbocycles. The Morgan fingerprint density at radius 3 is 2.09 bits per heavy atom. The number of carbonyl (C=O) groups excluding carboxylic acids is 1. The fraction of sp³-hybridized carbons (Fsp3) is 0.950. The second-order valence-electron chi connectivity index (χ2n) is 7.48. The zero-order valence-corrected chi connectivity index (χ0v) is 15.8. The molecule has 0 amide bonds. The fourth-order valence-corrected chi connectivity index (χ4v) is 3.80. The van der Waals surface area contributed by atoms with Crippen LogP contribution in [0.4, 0.5) is 0 Å². The average Bonchev–Trinajstić information content (AvgIpc) is 2.57. The van der Waals surface area contributed by atoms with Crippen LogP contribution in [0.3, 0.4) is 0 Å². The van der Waals surface area contributed by atoms with Crippen molar-refractivity contribution >= 4 is 5.97 Å². The molecule has 1 aliphatic rings. The number of hydrogen-bond acceptors (Lipinski definition) is 3. The molecule has 0 bridgehead atoms. The van der Waals surface area contributed by atoms with Crippen molar-refractivity contribution in [3.05, 3.63) is 0 Å². The maximum atomic E-state index is 11.5. The van der Waals surface area contributed by atoms with Crippen LogP contribution in [0.1, 0.15) is 84.0 Å². The maximum Gasteiger partial charge on any atom is 0.308 e. The third kappa shape index (κ3) is 9.34. The zero-order valence-electron chi connectivity index (χ0n) is 15.8. The summed E-state index contributed by atoms with van der Waals surface area (Å²) in [6.45, 7) is 4.70. The molecule has 0 saturated heterocycles. The average molecular weight is 326 g/mol. The van der Waals surface area contributed by atoms with Gasteiger partial charge in [-0.3, -0.25) is 4.79 Å². The third-order valence-corrected chi connectivity index (χ3v) is 5.34. The predicted octanol–water partition coefficient (Wildman–Crippen LogP) is 5.04. The lowest BCUT2D eigenvalue weighted by atomic mass is 9.82. The van der Waals surface area contributed by atoms with Crippen molar-refractivity contribution in [2.45, 2.75) is 84.0 Å². The minimum absolute atomic E-state index is 0.00394. The van der Waals surface area contributed by atoms with E-state index >= 15 is 0 Å². The fourth-order valence-electron chi connectivity index (χ4n) is 3.80. The minimum Gasteiger partial charge on any atom is -0.469 e. The van der Waals surface area contributed by atoms with Crippen molar-refractivity contribution in [3.63, 3.8) is 0 Å². The van der Waals surface area contributed by atoms with Gasteiger partial charge in [-0.1, -0.05) is 51.9 Å². The number of rotatable bonds is 12. The molecule has 23 heavy (non-hydrogen) atoms. The molecule has 0 aromatic rings. The van der Waals surface area contributed by atoms with E-state index < -0.39 is 0 Å². The SMILES string of the molecule is CCCCCCCCCCN(C)CC1CCC(C(=O)OC)CC1. The summed E-state index contributed by atoms with van der Waals surface area (Å²) in [6.07, 6.45) is 15.5. The first-order valence-corrected chi connectivity index (χ1v) is 9.93. The van der Waals surface area contributed by atoms with Gasteiger partial charge in [-0.05, 0) is 51.6 Å². The van der Waals surface area contributed by atoms with Crippen LogP contribution in [-0.2, 0) is 9.53 Å². The van der Waals surface area contributed by atoms with Crippen molar-refractivity contribution in [1.29, 1.82) is 0 Å². The molecule has 0 aromatic heterocycles. The molecule has 1 saturated carbocycles. The van der Waals surface area contributed by atoms with Crippen LogP contribution in [0.15, 0.2) is 0 Å². The van der Waals surface area contributed by atoms with Gasteiger partial charge in [0.05, 0.1) is 13.0 Å². The summed E-state index contributed by atoms with van der Waals surface area (Å²) in [6, 6.07) is 0. The molecule has 0 N–H and O–H groups in total. The van der Waals surface area contributed by atoms with E-state index in [1.54, 1.807) is 0 Å². The first-order valence-electron chi connectivity index (χ1n) is 9.93. The molecule has 0 spiro atoms. The highest BCUT2D eigenvalue weighted by Crippen LogP contribution is 2.29. The van der Waals surface area contributed by atoms with Gasteiger partial charge in [-0.2, -0.15) is 0 Å². The molecule has 0 heterocycles. The Bertz CT molecular complexity index is 298. The highest BCUT2D eigenvalue weighted by atomic mass is 16.5. The van der Waals surface area contributed by atoms with Crippen LogP contribution in [0, 0.1) is 11.8 Å². The Morgan fingerprint density at radius 1 is 0.957 bits per heavy atom. The summed E-state index contributed by atoms with van der Waals surface area (Å²) < 4.78 is 4.86. The number of methoxy groups -OCH3 is 1. The molecule has 0 radical (unpaired) electrons. The summed E-state index contributed by atoms with van der Waals surface area (Å²) in [7, 11) is 3.76. The van der Waals surface area contributed by atoms with Crippen molar-refractivity contribution < 1.29 is 9.53 Å². The zero-order chi connectivity index (χ0) is 16.9. The Balaban J connectivity index is 1.98. The van der Waals surface area contributed by atoms with Gasteiger partial charge in [0.15, 0.2) is 0 Å². The van der Waals surface area contributed by atoms with E-state index in [2.05, 4.69) is 18.9 Å². The van der Waals surface area contributed by atoms with Gasteiger partial charge in [-0.15, -0.1) is 0 Å².